The summed E-state index contributed by atoms with van der Waals surface area (Å²) < 4.78 is 27.8. The van der Waals surface area contributed by atoms with Gasteiger partial charge in [0.05, 0.1) is 11.5 Å². The monoisotopic (exact) mass is 313 g/mol. The molecule has 120 valence electrons. The maximum atomic E-state index is 12.6. The second-order valence-corrected chi connectivity index (χ2v) is 8.57. The highest BCUT2D eigenvalue weighted by molar-refractivity contribution is 7.89. The van der Waals surface area contributed by atoms with Gasteiger partial charge in [0.1, 0.15) is 0 Å². The van der Waals surface area contributed by atoms with Gasteiger partial charge in [0.15, 0.2) is 0 Å². The van der Waals surface area contributed by atoms with Gasteiger partial charge >= 0.3 is 0 Å². The molecule has 2 N–H and O–H groups in total. The van der Waals surface area contributed by atoms with E-state index in [4.69, 9.17) is 0 Å². The molecule has 0 spiro atoms. The Labute approximate surface area is 128 Å². The molecular weight excluding hydrogens is 286 g/mol. The predicted molar refractivity (Wildman–Crippen MR) is 85.9 cm³/mol. The van der Waals surface area contributed by atoms with Gasteiger partial charge in [-0.15, -0.1) is 0 Å². The molecule has 0 aliphatic carbocycles. The van der Waals surface area contributed by atoms with Gasteiger partial charge in [-0.05, 0) is 35.4 Å². The average molecular weight is 313 g/mol. The normalized spacial score (nSPS) is 14.5. The van der Waals surface area contributed by atoms with E-state index in [0.717, 1.165) is 5.56 Å². The van der Waals surface area contributed by atoms with Crippen LogP contribution in [0.3, 0.4) is 0 Å². The van der Waals surface area contributed by atoms with Crippen molar-refractivity contribution < 1.29 is 13.5 Å². The molecule has 0 saturated carbocycles. The molecule has 1 atom stereocenters. The number of aryl methyl sites for hydroxylation is 1. The highest BCUT2D eigenvalue weighted by Crippen LogP contribution is 2.26. The first-order chi connectivity index (χ1) is 9.49. The smallest absolute Gasteiger partial charge is 0.241 e. The van der Waals surface area contributed by atoms with E-state index in [1.54, 1.807) is 13.0 Å². The molecule has 1 aromatic carbocycles. The lowest BCUT2D eigenvalue weighted by atomic mass is 9.87. The number of nitrogens with one attached hydrogen (secondary N) is 1. The Morgan fingerprint density at radius 2 is 1.81 bits per heavy atom. The Morgan fingerprint density at radius 3 is 2.24 bits per heavy atom. The van der Waals surface area contributed by atoms with Crippen LogP contribution in [0, 0.1) is 12.8 Å². The number of rotatable bonds is 5. The standard InChI is InChI=1S/C16H27NO3S/c1-11(2)14(10-18)17-21(19,20)15-9-13(16(4,5)6)8-7-12(15)3/h7-9,11,14,17-18H,10H2,1-6H3/t14-/m1/s1. The van der Waals surface area contributed by atoms with Gasteiger partial charge in [-0.1, -0.05) is 46.8 Å². The summed E-state index contributed by atoms with van der Waals surface area (Å²) >= 11 is 0. The summed E-state index contributed by atoms with van der Waals surface area (Å²) in [5.41, 5.74) is 1.56. The summed E-state index contributed by atoms with van der Waals surface area (Å²) in [6, 6.07) is 5.04. The third-order valence-electron chi connectivity index (χ3n) is 3.65. The number of benzene rings is 1. The van der Waals surface area contributed by atoms with E-state index in [1.165, 1.54) is 0 Å². The molecule has 5 heteroatoms. The highest BCUT2D eigenvalue weighted by Gasteiger charge is 2.25. The van der Waals surface area contributed by atoms with E-state index in [-0.39, 0.29) is 22.8 Å². The van der Waals surface area contributed by atoms with Crippen molar-refractivity contribution in [3.63, 3.8) is 0 Å². The van der Waals surface area contributed by atoms with E-state index in [1.807, 2.05) is 46.8 Å². The van der Waals surface area contributed by atoms with Crippen LogP contribution >= 0.6 is 0 Å². The summed E-state index contributed by atoms with van der Waals surface area (Å²) in [6.07, 6.45) is 0. The van der Waals surface area contributed by atoms with Crippen molar-refractivity contribution in [3.05, 3.63) is 29.3 Å². The molecule has 0 aliphatic heterocycles. The Balaban J connectivity index is 3.25. The lowest BCUT2D eigenvalue weighted by Gasteiger charge is -2.23. The minimum atomic E-state index is -3.64. The molecule has 4 nitrogen and oxygen atoms in total. The minimum Gasteiger partial charge on any atom is -0.395 e. The maximum absolute atomic E-state index is 12.6. The first-order valence-electron chi connectivity index (χ1n) is 7.23. The van der Waals surface area contributed by atoms with Crippen LogP contribution < -0.4 is 4.72 Å². The zero-order chi connectivity index (χ0) is 16.4. The van der Waals surface area contributed by atoms with E-state index in [0.29, 0.717) is 5.56 Å². The summed E-state index contributed by atoms with van der Waals surface area (Å²) in [4.78, 5) is 0.286. The van der Waals surface area contributed by atoms with Crippen LogP contribution in [0.4, 0.5) is 0 Å². The van der Waals surface area contributed by atoms with Gasteiger partial charge < -0.3 is 5.11 Å². The van der Waals surface area contributed by atoms with Crippen molar-refractivity contribution in [3.8, 4) is 0 Å². The fraction of sp³-hybridized carbons (Fsp3) is 0.625. The minimum absolute atomic E-state index is 0.0240. The third kappa shape index (κ3) is 4.53. The Morgan fingerprint density at radius 1 is 1.24 bits per heavy atom. The quantitative estimate of drug-likeness (QED) is 0.878. The number of aliphatic hydroxyl groups excluding tert-OH is 1. The molecule has 1 rings (SSSR count). The van der Waals surface area contributed by atoms with Gasteiger partial charge in [0.25, 0.3) is 0 Å². The average Bonchev–Trinajstić information content (AvgIpc) is 2.34. The predicted octanol–water partition coefficient (Wildman–Crippen LogP) is 2.59. The first kappa shape index (κ1) is 18.1. The fourth-order valence-electron chi connectivity index (χ4n) is 2.00. The van der Waals surface area contributed by atoms with Crippen LogP contribution in [0.15, 0.2) is 23.1 Å². The van der Waals surface area contributed by atoms with Gasteiger partial charge in [0.2, 0.25) is 10.0 Å². The Hall–Kier alpha value is -0.910. The lowest BCUT2D eigenvalue weighted by molar-refractivity contribution is 0.227. The van der Waals surface area contributed by atoms with Crippen LogP contribution in [0.1, 0.15) is 45.7 Å². The maximum Gasteiger partial charge on any atom is 0.241 e. The second-order valence-electron chi connectivity index (χ2n) is 6.88. The fourth-order valence-corrected chi connectivity index (χ4v) is 3.65. The summed E-state index contributed by atoms with van der Waals surface area (Å²) in [7, 11) is -3.64. The molecule has 0 amide bonds. The van der Waals surface area contributed by atoms with Crippen LogP contribution in [-0.4, -0.2) is 26.2 Å². The SMILES string of the molecule is Cc1ccc(C(C)(C)C)cc1S(=O)(=O)N[C@H](CO)C(C)C. The zero-order valence-corrected chi connectivity index (χ0v) is 14.6. The second kappa shape index (κ2) is 6.46. The Kier molecular flexibility index (Phi) is 5.58. The summed E-state index contributed by atoms with van der Waals surface area (Å²) in [5.74, 6) is 0.0240. The molecule has 0 saturated heterocycles. The van der Waals surface area contributed by atoms with E-state index < -0.39 is 16.1 Å². The van der Waals surface area contributed by atoms with E-state index in [2.05, 4.69) is 4.72 Å². The lowest BCUT2D eigenvalue weighted by Crippen LogP contribution is -2.41. The third-order valence-corrected chi connectivity index (χ3v) is 5.28. The van der Waals surface area contributed by atoms with Gasteiger partial charge in [-0.2, -0.15) is 0 Å². The van der Waals surface area contributed by atoms with Crippen molar-refractivity contribution in [1.29, 1.82) is 0 Å². The van der Waals surface area contributed by atoms with E-state index >= 15 is 0 Å². The van der Waals surface area contributed by atoms with Crippen molar-refractivity contribution in [2.75, 3.05) is 6.61 Å². The highest BCUT2D eigenvalue weighted by atomic mass is 32.2. The Bertz CT molecular complexity index is 586. The van der Waals surface area contributed by atoms with Gasteiger partial charge in [-0.25, -0.2) is 13.1 Å². The topological polar surface area (TPSA) is 66.4 Å². The van der Waals surface area contributed by atoms with Crippen molar-refractivity contribution in [2.45, 2.75) is 57.9 Å². The first-order valence-corrected chi connectivity index (χ1v) is 8.71. The number of aliphatic hydroxyl groups is 1. The van der Waals surface area contributed by atoms with Crippen LogP contribution in [-0.2, 0) is 15.4 Å². The molecule has 0 aromatic heterocycles. The molecule has 1 aromatic rings. The van der Waals surface area contributed by atoms with Crippen LogP contribution in [0.2, 0.25) is 0 Å². The molecule has 0 aliphatic rings. The molecule has 0 radical (unpaired) electrons. The number of hydrogen-bond acceptors (Lipinski definition) is 3. The molecular formula is C16H27NO3S. The number of hydrogen-bond donors (Lipinski definition) is 2. The summed E-state index contributed by atoms with van der Waals surface area (Å²) in [5, 5.41) is 9.33. The molecule has 0 heterocycles. The van der Waals surface area contributed by atoms with Gasteiger partial charge in [0, 0.05) is 6.04 Å². The molecule has 0 unspecified atom stereocenters. The van der Waals surface area contributed by atoms with Crippen LogP contribution in [0.5, 0.6) is 0 Å². The van der Waals surface area contributed by atoms with E-state index in [9.17, 15) is 13.5 Å². The van der Waals surface area contributed by atoms with Crippen LogP contribution in [0.25, 0.3) is 0 Å². The number of sulfonamides is 1. The van der Waals surface area contributed by atoms with Crippen molar-refractivity contribution in [1.82, 2.24) is 4.72 Å². The summed E-state index contributed by atoms with van der Waals surface area (Å²) in [6.45, 7) is 11.5. The molecule has 0 bridgehead atoms. The van der Waals surface area contributed by atoms with Gasteiger partial charge in [-0.3, -0.25) is 0 Å². The largest absolute Gasteiger partial charge is 0.395 e. The van der Waals surface area contributed by atoms with Crippen molar-refractivity contribution in [2.24, 2.45) is 5.92 Å². The zero-order valence-electron chi connectivity index (χ0n) is 13.8. The molecule has 0 fully saturated rings. The molecule has 21 heavy (non-hydrogen) atoms. The van der Waals surface area contributed by atoms with Crippen molar-refractivity contribution >= 4 is 10.0 Å².